The predicted molar refractivity (Wildman–Crippen MR) is 88.9 cm³/mol. The van der Waals surface area contributed by atoms with Gasteiger partial charge in [-0.05, 0) is 17.7 Å². The minimum atomic E-state index is -4.35. The molecule has 0 atom stereocenters. The Morgan fingerprint density at radius 3 is 2.42 bits per heavy atom. The molecule has 0 bridgehead atoms. The highest BCUT2D eigenvalue weighted by Gasteiger charge is 2.30. The van der Waals surface area contributed by atoms with Gasteiger partial charge in [-0.2, -0.15) is 13.2 Å². The van der Waals surface area contributed by atoms with Crippen molar-refractivity contribution in [3.63, 3.8) is 0 Å². The van der Waals surface area contributed by atoms with Gasteiger partial charge in [0.1, 0.15) is 0 Å². The minimum Gasteiger partial charge on any atom is -0.290 e. The third-order valence-corrected chi connectivity index (χ3v) is 4.60. The largest absolute Gasteiger partial charge is 0.416 e. The van der Waals surface area contributed by atoms with Gasteiger partial charge in [-0.3, -0.25) is 4.40 Å². The van der Waals surface area contributed by atoms with E-state index in [2.05, 4.69) is 4.98 Å². The van der Waals surface area contributed by atoms with Crippen molar-refractivity contribution in [3.05, 3.63) is 71.7 Å². The summed E-state index contributed by atoms with van der Waals surface area (Å²) in [5.74, 6) is 0. The van der Waals surface area contributed by atoms with Crippen molar-refractivity contribution in [1.29, 1.82) is 0 Å². The summed E-state index contributed by atoms with van der Waals surface area (Å²) < 4.78 is 40.6. The second-order valence-electron chi connectivity index (χ2n) is 5.34. The van der Waals surface area contributed by atoms with Gasteiger partial charge in [-0.25, -0.2) is 4.98 Å². The number of aromatic nitrogens is 2. The normalized spacial score (nSPS) is 12.0. The predicted octanol–water partition coefficient (Wildman–Crippen LogP) is 5.75. The minimum absolute atomic E-state index is 0.521. The van der Waals surface area contributed by atoms with Crippen LogP contribution in [-0.2, 0) is 6.18 Å². The monoisotopic (exact) mass is 344 g/mol. The molecule has 0 aliphatic carbocycles. The number of nitrogens with zero attached hydrogens (tertiary/aromatic N) is 2. The molecule has 4 rings (SSSR count). The van der Waals surface area contributed by atoms with E-state index in [1.165, 1.54) is 23.5 Å². The molecule has 120 valence electrons. The molecule has 2 aromatic heterocycles. The molecule has 0 spiro atoms. The van der Waals surface area contributed by atoms with Crippen molar-refractivity contribution in [2.45, 2.75) is 6.18 Å². The van der Waals surface area contributed by atoms with Crippen molar-refractivity contribution < 1.29 is 13.2 Å². The second kappa shape index (κ2) is 5.49. The van der Waals surface area contributed by atoms with Gasteiger partial charge in [-0.1, -0.05) is 42.5 Å². The molecule has 0 saturated carbocycles. The topological polar surface area (TPSA) is 17.3 Å². The molecule has 0 fully saturated rings. The van der Waals surface area contributed by atoms with E-state index < -0.39 is 11.7 Å². The first kappa shape index (κ1) is 15.0. The summed E-state index contributed by atoms with van der Waals surface area (Å²) in [7, 11) is 0. The lowest BCUT2D eigenvalue weighted by molar-refractivity contribution is -0.137. The Labute approximate surface area is 139 Å². The highest BCUT2D eigenvalue weighted by atomic mass is 32.1. The molecule has 0 amide bonds. The van der Waals surface area contributed by atoms with E-state index in [9.17, 15) is 13.2 Å². The van der Waals surface area contributed by atoms with Gasteiger partial charge < -0.3 is 0 Å². The number of thiazole rings is 1. The maximum atomic E-state index is 12.9. The van der Waals surface area contributed by atoms with Gasteiger partial charge >= 0.3 is 6.18 Å². The fourth-order valence-corrected chi connectivity index (χ4v) is 3.48. The van der Waals surface area contributed by atoms with Crippen LogP contribution in [0.2, 0.25) is 0 Å². The van der Waals surface area contributed by atoms with Crippen LogP contribution in [0.25, 0.3) is 27.5 Å². The summed E-state index contributed by atoms with van der Waals surface area (Å²) >= 11 is 1.41. The maximum absolute atomic E-state index is 12.9. The number of hydrogen-bond acceptors (Lipinski definition) is 2. The highest BCUT2D eigenvalue weighted by Crippen LogP contribution is 2.34. The van der Waals surface area contributed by atoms with Crippen LogP contribution in [-0.4, -0.2) is 9.38 Å². The zero-order valence-electron chi connectivity index (χ0n) is 12.3. The highest BCUT2D eigenvalue weighted by molar-refractivity contribution is 7.15. The van der Waals surface area contributed by atoms with Crippen LogP contribution in [0, 0.1) is 0 Å². The van der Waals surface area contributed by atoms with E-state index in [-0.39, 0.29) is 0 Å². The van der Waals surface area contributed by atoms with E-state index in [0.29, 0.717) is 11.3 Å². The lowest BCUT2D eigenvalue weighted by atomic mass is 10.1. The Kier molecular flexibility index (Phi) is 3.42. The Bertz CT molecular complexity index is 1000. The van der Waals surface area contributed by atoms with Gasteiger partial charge in [0.25, 0.3) is 0 Å². The van der Waals surface area contributed by atoms with Crippen molar-refractivity contribution in [2.75, 3.05) is 0 Å². The van der Waals surface area contributed by atoms with Gasteiger partial charge in [0.2, 0.25) is 0 Å². The van der Waals surface area contributed by atoms with Crippen molar-refractivity contribution >= 4 is 16.3 Å². The van der Waals surface area contributed by atoms with E-state index in [1.807, 2.05) is 46.3 Å². The average Bonchev–Trinajstić information content (AvgIpc) is 3.15. The molecule has 0 aliphatic rings. The third kappa shape index (κ3) is 2.59. The summed E-state index contributed by atoms with van der Waals surface area (Å²) in [6.07, 6.45) is -2.49. The number of benzene rings is 2. The van der Waals surface area contributed by atoms with Crippen LogP contribution in [0.15, 0.2) is 66.2 Å². The molecule has 0 saturated heterocycles. The summed E-state index contributed by atoms with van der Waals surface area (Å²) in [6.45, 7) is 0. The van der Waals surface area contributed by atoms with Crippen molar-refractivity contribution in [2.24, 2.45) is 0 Å². The molecular formula is C18H11F3N2S. The number of alkyl halides is 3. The molecule has 24 heavy (non-hydrogen) atoms. The van der Waals surface area contributed by atoms with Crippen LogP contribution in [0.3, 0.4) is 0 Å². The van der Waals surface area contributed by atoms with Gasteiger partial charge in [0, 0.05) is 17.1 Å². The molecule has 0 aliphatic heterocycles. The summed E-state index contributed by atoms with van der Waals surface area (Å²) in [6, 6.07) is 15.0. The zero-order chi connectivity index (χ0) is 16.7. The average molecular weight is 344 g/mol. The molecule has 6 heteroatoms. The quantitative estimate of drug-likeness (QED) is 0.453. The molecule has 0 unspecified atom stereocenters. The van der Waals surface area contributed by atoms with E-state index in [0.717, 1.165) is 22.3 Å². The van der Waals surface area contributed by atoms with Crippen LogP contribution in [0.5, 0.6) is 0 Å². The van der Waals surface area contributed by atoms with E-state index in [4.69, 9.17) is 0 Å². The van der Waals surface area contributed by atoms with Crippen molar-refractivity contribution in [3.8, 4) is 22.5 Å². The first-order valence-electron chi connectivity index (χ1n) is 7.22. The van der Waals surface area contributed by atoms with Crippen LogP contribution < -0.4 is 0 Å². The molecule has 2 nitrogen and oxygen atoms in total. The number of rotatable bonds is 2. The molecule has 4 aromatic rings. The standard InChI is InChI=1S/C18H11F3N2S/c19-18(20,21)14-8-4-7-13(9-14)16-11-24-17-22-15(10-23(16)17)12-5-2-1-3-6-12/h1-11H. The SMILES string of the molecule is FC(F)(F)c1cccc(-c2csc3nc(-c4ccccc4)cn23)c1. The summed E-state index contributed by atoms with van der Waals surface area (Å²) in [5.41, 5.74) is 2.35. The summed E-state index contributed by atoms with van der Waals surface area (Å²) in [4.78, 5) is 5.31. The Balaban J connectivity index is 1.82. The zero-order valence-corrected chi connectivity index (χ0v) is 13.1. The molecule has 2 aromatic carbocycles. The fourth-order valence-electron chi connectivity index (χ4n) is 2.59. The number of fused-ring (bicyclic) bond motifs is 1. The smallest absolute Gasteiger partial charge is 0.290 e. The number of imidazole rings is 1. The Hall–Kier alpha value is -2.60. The van der Waals surface area contributed by atoms with E-state index in [1.54, 1.807) is 6.07 Å². The molecule has 0 radical (unpaired) electrons. The number of halogens is 3. The van der Waals surface area contributed by atoms with E-state index >= 15 is 0 Å². The first-order valence-corrected chi connectivity index (χ1v) is 8.10. The lowest BCUT2D eigenvalue weighted by Crippen LogP contribution is -2.04. The molecular weight excluding hydrogens is 333 g/mol. The maximum Gasteiger partial charge on any atom is 0.416 e. The molecule has 2 heterocycles. The lowest BCUT2D eigenvalue weighted by Gasteiger charge is -2.08. The van der Waals surface area contributed by atoms with Crippen LogP contribution in [0.1, 0.15) is 5.56 Å². The fraction of sp³-hybridized carbons (Fsp3) is 0.0556. The Morgan fingerprint density at radius 2 is 1.67 bits per heavy atom. The third-order valence-electron chi connectivity index (χ3n) is 3.76. The van der Waals surface area contributed by atoms with Gasteiger partial charge in [-0.15, -0.1) is 11.3 Å². The first-order chi connectivity index (χ1) is 11.5. The number of hydrogen-bond donors (Lipinski definition) is 0. The van der Waals surface area contributed by atoms with Gasteiger partial charge in [0.05, 0.1) is 17.0 Å². The Morgan fingerprint density at radius 1 is 0.917 bits per heavy atom. The van der Waals surface area contributed by atoms with Crippen LogP contribution >= 0.6 is 11.3 Å². The second-order valence-corrected chi connectivity index (χ2v) is 6.18. The van der Waals surface area contributed by atoms with Gasteiger partial charge in [0.15, 0.2) is 4.96 Å². The van der Waals surface area contributed by atoms with Crippen molar-refractivity contribution in [1.82, 2.24) is 9.38 Å². The van der Waals surface area contributed by atoms with Crippen LogP contribution in [0.4, 0.5) is 13.2 Å². The molecule has 0 N–H and O–H groups in total. The summed E-state index contributed by atoms with van der Waals surface area (Å²) in [5, 5.41) is 1.83.